The Hall–Kier alpha value is -2.13. The minimum Gasteiger partial charge on any atom is -0.312 e. The van der Waals surface area contributed by atoms with Gasteiger partial charge < -0.3 is 4.90 Å². The van der Waals surface area contributed by atoms with Gasteiger partial charge in [0.05, 0.1) is 0 Å². The van der Waals surface area contributed by atoms with E-state index >= 15 is 0 Å². The van der Waals surface area contributed by atoms with Crippen LogP contribution in [0, 0.1) is 0 Å². The molecule has 1 atom stereocenters. The summed E-state index contributed by atoms with van der Waals surface area (Å²) in [5, 5.41) is 3.67. The summed E-state index contributed by atoms with van der Waals surface area (Å²) < 4.78 is 0. The fourth-order valence-electron chi connectivity index (χ4n) is 3.65. The van der Waals surface area contributed by atoms with Gasteiger partial charge in [0.15, 0.2) is 0 Å². The lowest BCUT2D eigenvalue weighted by molar-refractivity contribution is 0.0589. The molecule has 3 nitrogen and oxygen atoms in total. The molecular formula is C18H18N2O. The molecule has 0 radical (unpaired) electrons. The number of benzene rings is 2. The monoisotopic (exact) mass is 278 g/mol. The van der Waals surface area contributed by atoms with E-state index in [-0.39, 0.29) is 5.91 Å². The largest absolute Gasteiger partial charge is 0.312 e. The predicted molar refractivity (Wildman–Crippen MR) is 81.9 cm³/mol. The molecule has 1 amide bonds. The zero-order chi connectivity index (χ0) is 14.3. The molecule has 4 rings (SSSR count). The number of rotatable bonds is 1. The number of hydrogen-bond donors (Lipinski definition) is 1. The van der Waals surface area contributed by atoms with E-state index in [9.17, 15) is 4.79 Å². The van der Waals surface area contributed by atoms with Gasteiger partial charge in [-0.3, -0.25) is 10.1 Å². The van der Waals surface area contributed by atoms with Crippen molar-refractivity contribution in [3.05, 3.63) is 71.3 Å². The Labute approximate surface area is 124 Å². The summed E-state index contributed by atoms with van der Waals surface area (Å²) in [6, 6.07) is 18.3. The molecule has 0 spiro atoms. The van der Waals surface area contributed by atoms with Gasteiger partial charge in [-0.25, -0.2) is 0 Å². The fourth-order valence-corrected chi connectivity index (χ4v) is 3.65. The zero-order valence-corrected chi connectivity index (χ0v) is 11.9. The van der Waals surface area contributed by atoms with E-state index in [4.69, 9.17) is 0 Å². The lowest BCUT2D eigenvalue weighted by Gasteiger charge is -2.39. The smallest absolute Gasteiger partial charge is 0.256 e. The summed E-state index contributed by atoms with van der Waals surface area (Å²) in [7, 11) is 0. The Kier molecular flexibility index (Phi) is 2.82. The second-order valence-corrected chi connectivity index (χ2v) is 5.71. The molecule has 0 saturated carbocycles. The topological polar surface area (TPSA) is 32.3 Å². The van der Waals surface area contributed by atoms with E-state index in [1.807, 2.05) is 41.3 Å². The van der Waals surface area contributed by atoms with Crippen molar-refractivity contribution in [2.75, 3.05) is 13.1 Å². The minimum absolute atomic E-state index is 0.142. The molecule has 2 aliphatic heterocycles. The number of hydrogen-bond acceptors (Lipinski definition) is 2. The van der Waals surface area contributed by atoms with E-state index in [1.165, 1.54) is 0 Å². The molecule has 0 aliphatic carbocycles. The molecule has 0 unspecified atom stereocenters. The summed E-state index contributed by atoms with van der Waals surface area (Å²) in [6.07, 6.45) is 2.14. The van der Waals surface area contributed by atoms with Crippen LogP contribution in [0.5, 0.6) is 0 Å². The van der Waals surface area contributed by atoms with Crippen molar-refractivity contribution in [1.29, 1.82) is 0 Å². The molecule has 21 heavy (non-hydrogen) atoms. The molecular weight excluding hydrogens is 260 g/mol. The Morgan fingerprint density at radius 3 is 2.57 bits per heavy atom. The van der Waals surface area contributed by atoms with Crippen LogP contribution in [0.1, 0.15) is 34.3 Å². The van der Waals surface area contributed by atoms with Gasteiger partial charge in [-0.2, -0.15) is 0 Å². The molecule has 2 aromatic carbocycles. The lowest BCUT2D eigenvalue weighted by Crippen LogP contribution is -2.53. The molecule has 0 aromatic heterocycles. The normalized spacial score (nSPS) is 24.4. The van der Waals surface area contributed by atoms with Crippen molar-refractivity contribution in [3.63, 3.8) is 0 Å². The van der Waals surface area contributed by atoms with Gasteiger partial charge >= 0.3 is 0 Å². The number of carbonyl (C=O) groups excluding carboxylic acids is 1. The van der Waals surface area contributed by atoms with E-state index in [0.29, 0.717) is 0 Å². The van der Waals surface area contributed by atoms with Gasteiger partial charge in [0, 0.05) is 17.7 Å². The number of nitrogens with zero attached hydrogens (tertiary/aromatic N) is 1. The third kappa shape index (κ3) is 1.67. The van der Waals surface area contributed by atoms with Gasteiger partial charge in [-0.1, -0.05) is 48.5 Å². The van der Waals surface area contributed by atoms with Crippen LogP contribution in [0.15, 0.2) is 54.6 Å². The molecule has 0 bridgehead atoms. The maximum atomic E-state index is 12.8. The van der Waals surface area contributed by atoms with Crippen molar-refractivity contribution in [3.8, 4) is 0 Å². The van der Waals surface area contributed by atoms with Gasteiger partial charge in [-0.15, -0.1) is 0 Å². The fraction of sp³-hybridized carbons (Fsp3) is 0.278. The summed E-state index contributed by atoms with van der Waals surface area (Å²) in [4.78, 5) is 14.9. The van der Waals surface area contributed by atoms with Crippen LogP contribution in [0.2, 0.25) is 0 Å². The van der Waals surface area contributed by atoms with Gasteiger partial charge in [0.25, 0.3) is 5.91 Å². The highest BCUT2D eigenvalue weighted by Crippen LogP contribution is 2.43. The van der Waals surface area contributed by atoms with E-state index in [2.05, 4.69) is 23.5 Å². The average Bonchev–Trinajstić information content (AvgIpc) is 2.70. The van der Waals surface area contributed by atoms with Gasteiger partial charge in [-0.05, 0) is 31.0 Å². The Bertz CT molecular complexity index is 683. The standard InChI is InChI=1S/C18H18N2O/c21-17-15-10-4-5-11-16(15)18(14-8-2-1-3-9-14)19-12-6-7-13-20(17)18/h1-5,8-11,19H,6-7,12-13H2/t18-/m1/s1. The first-order valence-corrected chi connectivity index (χ1v) is 7.56. The summed E-state index contributed by atoms with van der Waals surface area (Å²) in [5.41, 5.74) is 2.56. The van der Waals surface area contributed by atoms with Crippen LogP contribution in [0.4, 0.5) is 0 Å². The van der Waals surface area contributed by atoms with Gasteiger partial charge in [0.1, 0.15) is 5.66 Å². The first-order chi connectivity index (χ1) is 10.3. The Balaban J connectivity index is 2.00. The molecule has 2 heterocycles. The first kappa shape index (κ1) is 12.6. The van der Waals surface area contributed by atoms with Crippen LogP contribution in [0.3, 0.4) is 0 Å². The van der Waals surface area contributed by atoms with Crippen LogP contribution in [-0.4, -0.2) is 23.9 Å². The maximum absolute atomic E-state index is 12.8. The Morgan fingerprint density at radius 2 is 1.71 bits per heavy atom. The quantitative estimate of drug-likeness (QED) is 0.870. The second kappa shape index (κ2) is 4.71. The number of carbonyl (C=O) groups is 1. The summed E-state index contributed by atoms with van der Waals surface area (Å²) in [6.45, 7) is 1.72. The van der Waals surface area contributed by atoms with Crippen molar-refractivity contribution in [1.82, 2.24) is 10.2 Å². The third-order valence-electron chi connectivity index (χ3n) is 4.58. The van der Waals surface area contributed by atoms with Gasteiger partial charge in [0.2, 0.25) is 0 Å². The van der Waals surface area contributed by atoms with E-state index in [1.54, 1.807) is 0 Å². The number of fused-ring (bicyclic) bond motifs is 3. The average molecular weight is 278 g/mol. The lowest BCUT2D eigenvalue weighted by atomic mass is 9.90. The SMILES string of the molecule is O=C1c2ccccc2[C@]2(c3ccccc3)NCCCCN12. The maximum Gasteiger partial charge on any atom is 0.256 e. The van der Waals surface area contributed by atoms with Crippen LogP contribution in [-0.2, 0) is 5.66 Å². The molecule has 2 aliphatic rings. The molecule has 1 saturated heterocycles. The van der Waals surface area contributed by atoms with E-state index < -0.39 is 5.66 Å². The predicted octanol–water partition coefficient (Wildman–Crippen LogP) is 2.73. The highest BCUT2D eigenvalue weighted by molar-refractivity contribution is 6.00. The molecule has 1 N–H and O–H groups in total. The first-order valence-electron chi connectivity index (χ1n) is 7.56. The van der Waals surface area contributed by atoms with Crippen LogP contribution in [0.25, 0.3) is 0 Å². The second-order valence-electron chi connectivity index (χ2n) is 5.71. The van der Waals surface area contributed by atoms with Crippen molar-refractivity contribution < 1.29 is 4.79 Å². The highest BCUT2D eigenvalue weighted by Gasteiger charge is 2.50. The minimum atomic E-state index is -0.495. The number of amides is 1. The number of nitrogens with one attached hydrogen (secondary N) is 1. The molecule has 3 heteroatoms. The molecule has 106 valence electrons. The summed E-state index contributed by atoms with van der Waals surface area (Å²) >= 11 is 0. The molecule has 1 fully saturated rings. The highest BCUT2D eigenvalue weighted by atomic mass is 16.2. The zero-order valence-electron chi connectivity index (χ0n) is 11.9. The van der Waals surface area contributed by atoms with Crippen LogP contribution < -0.4 is 5.32 Å². The van der Waals surface area contributed by atoms with Crippen molar-refractivity contribution >= 4 is 5.91 Å². The third-order valence-corrected chi connectivity index (χ3v) is 4.58. The van der Waals surface area contributed by atoms with Crippen molar-refractivity contribution in [2.45, 2.75) is 18.5 Å². The van der Waals surface area contributed by atoms with Crippen LogP contribution >= 0.6 is 0 Å². The molecule has 2 aromatic rings. The van der Waals surface area contributed by atoms with E-state index in [0.717, 1.165) is 42.6 Å². The Morgan fingerprint density at radius 1 is 0.952 bits per heavy atom. The summed E-state index contributed by atoms with van der Waals surface area (Å²) in [5.74, 6) is 0.142. The van der Waals surface area contributed by atoms with Crippen molar-refractivity contribution in [2.24, 2.45) is 0 Å².